The van der Waals surface area contributed by atoms with Gasteiger partial charge in [-0.3, -0.25) is 9.59 Å². The van der Waals surface area contributed by atoms with Gasteiger partial charge in [-0.25, -0.2) is 0 Å². The Morgan fingerprint density at radius 2 is 1.68 bits per heavy atom. The number of phenols is 1. The number of aliphatic hydroxyl groups excluding tert-OH is 3. The van der Waals surface area contributed by atoms with E-state index in [4.69, 9.17) is 10.5 Å². The Hall–Kier alpha value is -3.61. The lowest BCUT2D eigenvalue weighted by Gasteiger charge is -2.40. The molecule has 1 aliphatic rings. The van der Waals surface area contributed by atoms with Gasteiger partial charge in [-0.1, -0.05) is 44.2 Å². The Morgan fingerprint density at radius 1 is 1.02 bits per heavy atom. The van der Waals surface area contributed by atoms with Crippen molar-refractivity contribution in [1.82, 2.24) is 10.6 Å². The molecule has 11 heteroatoms. The predicted molar refractivity (Wildman–Crippen MR) is 193 cm³/mol. The summed E-state index contributed by atoms with van der Waals surface area (Å²) in [5.74, 6) is -1.76. The van der Waals surface area contributed by atoms with E-state index < -0.39 is 53.4 Å². The van der Waals surface area contributed by atoms with Gasteiger partial charge < -0.3 is 46.3 Å². The summed E-state index contributed by atoms with van der Waals surface area (Å²) < 4.78 is 5.88. The third kappa shape index (κ3) is 9.79. The molecule has 0 saturated carbocycles. The Bertz CT molecular complexity index is 1560. The van der Waals surface area contributed by atoms with Gasteiger partial charge >= 0.3 is 0 Å². The van der Waals surface area contributed by atoms with E-state index in [1.54, 1.807) is 59.8 Å². The van der Waals surface area contributed by atoms with Crippen LogP contribution in [0.2, 0.25) is 0 Å². The number of carbonyl (C=O) groups is 3. The largest absolute Gasteiger partial charge is 0.508 e. The SMILES string of the molecule is CCC(C)c1cc(O)c(C2OC(CO)C(O)C(O)C2C=O)cc1Cc1ccc(C=CC(C)(C)C(=O)NC(C)(C)C(=O)NCC(C)(C)N)cc1C. The normalized spacial score (nSPS) is 22.3. The van der Waals surface area contributed by atoms with Crippen molar-refractivity contribution < 1.29 is 39.5 Å². The molecule has 50 heavy (non-hydrogen) atoms. The summed E-state index contributed by atoms with van der Waals surface area (Å²) in [6.07, 6.45) is 0.399. The molecule has 0 bridgehead atoms. The second kappa shape index (κ2) is 16.2. The fraction of sp³-hybridized carbons (Fsp3) is 0.564. The summed E-state index contributed by atoms with van der Waals surface area (Å²) in [7, 11) is 0. The lowest BCUT2D eigenvalue weighted by Crippen LogP contribution is -2.59. The zero-order chi connectivity index (χ0) is 37.8. The summed E-state index contributed by atoms with van der Waals surface area (Å²) in [4.78, 5) is 38.1. The van der Waals surface area contributed by atoms with E-state index >= 15 is 0 Å². The molecule has 8 N–H and O–H groups in total. The number of benzene rings is 2. The van der Waals surface area contributed by atoms with E-state index in [9.17, 15) is 34.8 Å². The zero-order valence-electron chi connectivity index (χ0n) is 30.9. The number of nitrogens with two attached hydrogens (primary N) is 1. The molecule has 276 valence electrons. The van der Waals surface area contributed by atoms with Crippen molar-refractivity contribution in [3.8, 4) is 5.75 Å². The highest BCUT2D eigenvalue weighted by atomic mass is 16.5. The molecule has 1 aliphatic heterocycles. The minimum Gasteiger partial charge on any atom is -0.508 e. The summed E-state index contributed by atoms with van der Waals surface area (Å²) in [5.41, 5.74) is 8.38. The minimum absolute atomic E-state index is 0.0893. The average molecular weight is 696 g/mol. The number of phenolic OH excluding ortho intramolecular Hbond substituents is 1. The van der Waals surface area contributed by atoms with Crippen molar-refractivity contribution >= 4 is 24.2 Å². The van der Waals surface area contributed by atoms with Gasteiger partial charge in [0.2, 0.25) is 11.8 Å². The number of aryl methyl sites for hydroxylation is 1. The van der Waals surface area contributed by atoms with Gasteiger partial charge in [0.05, 0.1) is 30.1 Å². The molecule has 3 rings (SSSR count). The fourth-order valence-electron chi connectivity index (χ4n) is 5.93. The number of carbonyl (C=O) groups excluding carboxylic acids is 3. The zero-order valence-corrected chi connectivity index (χ0v) is 30.9. The smallest absolute Gasteiger partial charge is 0.245 e. The van der Waals surface area contributed by atoms with Crippen LogP contribution in [0, 0.1) is 18.3 Å². The highest BCUT2D eigenvalue weighted by molar-refractivity contribution is 5.93. The lowest BCUT2D eigenvalue weighted by molar-refractivity contribution is -0.207. The van der Waals surface area contributed by atoms with E-state index in [-0.39, 0.29) is 30.0 Å². The Balaban J connectivity index is 1.87. The van der Waals surface area contributed by atoms with Crippen molar-refractivity contribution in [2.24, 2.45) is 17.1 Å². The number of amides is 2. The third-order valence-electron chi connectivity index (χ3n) is 9.60. The molecule has 0 aliphatic carbocycles. The van der Waals surface area contributed by atoms with Crippen molar-refractivity contribution in [2.75, 3.05) is 13.2 Å². The van der Waals surface area contributed by atoms with Crippen LogP contribution in [0.3, 0.4) is 0 Å². The van der Waals surface area contributed by atoms with E-state index in [0.29, 0.717) is 18.3 Å². The van der Waals surface area contributed by atoms with Gasteiger partial charge in [-0.15, -0.1) is 0 Å². The Morgan fingerprint density at radius 3 is 2.24 bits per heavy atom. The van der Waals surface area contributed by atoms with E-state index in [2.05, 4.69) is 24.5 Å². The van der Waals surface area contributed by atoms with Gasteiger partial charge in [0.15, 0.2) is 0 Å². The number of aldehydes is 1. The van der Waals surface area contributed by atoms with Crippen LogP contribution in [0.15, 0.2) is 36.4 Å². The standard InChI is InChI=1S/C39H57N3O8/c1-10-22(2)27-18-30(45)28(34-29(19-43)32(46)33(47)31(20-44)50-34)17-26(27)16-25-12-11-24(15-23(25)3)13-14-37(4,5)35(48)42-39(8,9)36(49)41-21-38(6,7)40/h11-15,17-19,22,29,31-34,44-47H,10,16,20-21,40H2,1-9H3,(H,41,49)(H,42,48). The number of aromatic hydroxyl groups is 1. The van der Waals surface area contributed by atoms with E-state index in [0.717, 1.165) is 34.2 Å². The van der Waals surface area contributed by atoms with Gasteiger partial charge in [0.1, 0.15) is 29.8 Å². The first kappa shape index (κ1) is 40.8. The average Bonchev–Trinajstić information content (AvgIpc) is 3.04. The molecular formula is C39H57N3O8. The molecule has 11 nitrogen and oxygen atoms in total. The molecule has 2 aromatic rings. The van der Waals surface area contributed by atoms with Crippen LogP contribution in [0.5, 0.6) is 5.75 Å². The minimum atomic E-state index is -1.47. The van der Waals surface area contributed by atoms with Crippen LogP contribution in [0.4, 0.5) is 0 Å². The van der Waals surface area contributed by atoms with Crippen LogP contribution in [-0.4, -0.2) is 81.1 Å². The Labute approximate surface area is 296 Å². The molecular weight excluding hydrogens is 638 g/mol. The van der Waals surface area contributed by atoms with Crippen LogP contribution >= 0.6 is 0 Å². The second-order valence-electron chi connectivity index (χ2n) is 15.6. The number of hydrogen-bond donors (Lipinski definition) is 7. The van der Waals surface area contributed by atoms with Crippen molar-refractivity contribution in [3.05, 3.63) is 69.8 Å². The van der Waals surface area contributed by atoms with Gasteiger partial charge in [-0.05, 0) is 107 Å². The van der Waals surface area contributed by atoms with Crippen LogP contribution in [0.25, 0.3) is 6.08 Å². The maximum atomic E-state index is 13.3. The summed E-state index contributed by atoms with van der Waals surface area (Å²) in [5, 5.41) is 47.5. The predicted octanol–water partition coefficient (Wildman–Crippen LogP) is 3.56. The quantitative estimate of drug-likeness (QED) is 0.145. The summed E-state index contributed by atoms with van der Waals surface area (Å²) in [6.45, 7) is 16.3. The monoisotopic (exact) mass is 695 g/mol. The lowest BCUT2D eigenvalue weighted by atomic mass is 9.81. The number of nitrogens with one attached hydrogen (secondary N) is 2. The van der Waals surface area contributed by atoms with E-state index in [1.807, 2.05) is 31.2 Å². The Kier molecular flexibility index (Phi) is 13.2. The molecule has 0 aromatic heterocycles. The first-order chi connectivity index (χ1) is 23.1. The van der Waals surface area contributed by atoms with Crippen LogP contribution in [0.1, 0.15) is 107 Å². The first-order valence-corrected chi connectivity index (χ1v) is 17.3. The number of rotatable bonds is 14. The van der Waals surface area contributed by atoms with Gasteiger partial charge in [0, 0.05) is 17.6 Å². The maximum Gasteiger partial charge on any atom is 0.245 e. The third-order valence-corrected chi connectivity index (χ3v) is 9.60. The van der Waals surface area contributed by atoms with Crippen molar-refractivity contribution in [3.63, 3.8) is 0 Å². The molecule has 6 atom stereocenters. The molecule has 0 radical (unpaired) electrons. The topological polar surface area (TPSA) is 191 Å². The maximum absolute atomic E-state index is 13.3. The highest BCUT2D eigenvalue weighted by Crippen LogP contribution is 2.42. The van der Waals surface area contributed by atoms with Crippen LogP contribution < -0.4 is 16.4 Å². The molecule has 1 fully saturated rings. The molecule has 2 amide bonds. The number of hydrogen-bond acceptors (Lipinski definition) is 9. The second-order valence-corrected chi connectivity index (χ2v) is 15.6. The summed E-state index contributed by atoms with van der Waals surface area (Å²) >= 11 is 0. The molecule has 1 heterocycles. The summed E-state index contributed by atoms with van der Waals surface area (Å²) in [6, 6.07) is 9.46. The van der Waals surface area contributed by atoms with Gasteiger partial charge in [-0.2, -0.15) is 0 Å². The molecule has 6 unspecified atom stereocenters. The molecule has 1 saturated heterocycles. The van der Waals surface area contributed by atoms with E-state index in [1.165, 1.54) is 0 Å². The van der Waals surface area contributed by atoms with Crippen molar-refractivity contribution in [1.29, 1.82) is 0 Å². The first-order valence-electron chi connectivity index (χ1n) is 17.3. The fourth-order valence-corrected chi connectivity index (χ4v) is 5.93. The number of ether oxygens (including phenoxy) is 1. The van der Waals surface area contributed by atoms with Crippen molar-refractivity contribution in [2.45, 2.75) is 117 Å². The molecule has 2 aromatic carbocycles. The highest BCUT2D eigenvalue weighted by Gasteiger charge is 2.45. The molecule has 0 spiro atoms. The van der Waals surface area contributed by atoms with Gasteiger partial charge in [0.25, 0.3) is 0 Å². The van der Waals surface area contributed by atoms with Crippen LogP contribution in [-0.2, 0) is 25.5 Å². The number of aliphatic hydroxyl groups is 3.